The summed E-state index contributed by atoms with van der Waals surface area (Å²) in [7, 11) is 1.74. The van der Waals surface area contributed by atoms with E-state index in [9.17, 15) is 0 Å². The number of rotatable bonds is 7. The van der Waals surface area contributed by atoms with E-state index >= 15 is 0 Å². The highest BCUT2D eigenvalue weighted by atomic mass is 16.5. The molecule has 5 heteroatoms. The van der Waals surface area contributed by atoms with E-state index in [0.29, 0.717) is 0 Å². The van der Waals surface area contributed by atoms with Crippen LogP contribution in [0.25, 0.3) is 5.65 Å². The van der Waals surface area contributed by atoms with Gasteiger partial charge in [-0.25, -0.2) is 4.98 Å². The molecule has 0 aromatic carbocycles. The first-order valence-corrected chi connectivity index (χ1v) is 6.34. The van der Waals surface area contributed by atoms with Crippen molar-refractivity contribution in [3.63, 3.8) is 0 Å². The van der Waals surface area contributed by atoms with Crippen molar-refractivity contribution in [3.05, 3.63) is 24.0 Å². The molecule has 5 nitrogen and oxygen atoms in total. The molecule has 2 heterocycles. The fourth-order valence-corrected chi connectivity index (χ4v) is 1.95. The Bertz CT molecular complexity index is 495. The Morgan fingerprint density at radius 2 is 2.17 bits per heavy atom. The molecule has 2 aromatic heterocycles. The number of pyridine rings is 1. The van der Waals surface area contributed by atoms with Gasteiger partial charge >= 0.3 is 0 Å². The van der Waals surface area contributed by atoms with Crippen LogP contribution in [-0.4, -0.2) is 34.9 Å². The molecule has 0 aliphatic rings. The van der Waals surface area contributed by atoms with Crippen LogP contribution in [0.5, 0.6) is 0 Å². The Morgan fingerprint density at radius 1 is 1.28 bits per heavy atom. The molecule has 0 atom stereocenters. The van der Waals surface area contributed by atoms with Crippen LogP contribution in [0.2, 0.25) is 0 Å². The van der Waals surface area contributed by atoms with Crippen molar-refractivity contribution in [2.75, 3.05) is 25.6 Å². The first-order chi connectivity index (χ1) is 8.81. The van der Waals surface area contributed by atoms with E-state index in [0.717, 1.165) is 37.5 Å². The van der Waals surface area contributed by atoms with Crippen molar-refractivity contribution in [2.45, 2.75) is 26.2 Å². The molecule has 98 valence electrons. The average Bonchev–Trinajstić information content (AvgIpc) is 2.81. The summed E-state index contributed by atoms with van der Waals surface area (Å²) in [5.74, 6) is 1.01. The number of unbranched alkanes of at least 4 members (excludes halogenated alkanes) is 2. The summed E-state index contributed by atoms with van der Waals surface area (Å²) < 4.78 is 6.86. The minimum Gasteiger partial charge on any atom is -0.385 e. The van der Waals surface area contributed by atoms with Crippen molar-refractivity contribution in [2.24, 2.45) is 0 Å². The van der Waals surface area contributed by atoms with Gasteiger partial charge in [-0.1, -0.05) is 0 Å². The molecular formula is C13H20N4O. The van der Waals surface area contributed by atoms with Gasteiger partial charge in [-0.05, 0) is 43.9 Å². The lowest BCUT2D eigenvalue weighted by atomic mass is 10.2. The summed E-state index contributed by atoms with van der Waals surface area (Å²) in [6.07, 6.45) is 5.00. The lowest BCUT2D eigenvalue weighted by molar-refractivity contribution is 0.192. The maximum Gasteiger partial charge on any atom is 0.157 e. The Labute approximate surface area is 107 Å². The molecule has 2 rings (SSSR count). The van der Waals surface area contributed by atoms with Crippen molar-refractivity contribution in [1.82, 2.24) is 14.6 Å². The highest BCUT2D eigenvalue weighted by molar-refractivity contribution is 5.51. The quantitative estimate of drug-likeness (QED) is 0.764. The zero-order chi connectivity index (χ0) is 12.8. The molecule has 0 unspecified atom stereocenters. The Hall–Kier alpha value is -1.62. The monoisotopic (exact) mass is 248 g/mol. The number of methoxy groups -OCH3 is 1. The third-order valence-electron chi connectivity index (χ3n) is 2.85. The highest BCUT2D eigenvalue weighted by Crippen LogP contribution is 2.13. The summed E-state index contributed by atoms with van der Waals surface area (Å²) in [5.41, 5.74) is 2.08. The molecule has 2 aromatic rings. The fourth-order valence-electron chi connectivity index (χ4n) is 1.95. The first-order valence-electron chi connectivity index (χ1n) is 6.34. The lowest BCUT2D eigenvalue weighted by Gasteiger charge is -2.08. The summed E-state index contributed by atoms with van der Waals surface area (Å²) in [5, 5.41) is 7.62. The van der Waals surface area contributed by atoms with Crippen LogP contribution in [-0.2, 0) is 4.74 Å². The van der Waals surface area contributed by atoms with Gasteiger partial charge in [0.05, 0.1) is 0 Å². The van der Waals surface area contributed by atoms with Crippen LogP contribution in [0, 0.1) is 6.92 Å². The minimum absolute atomic E-state index is 0.845. The van der Waals surface area contributed by atoms with Crippen LogP contribution in [0.1, 0.15) is 24.8 Å². The Balaban J connectivity index is 1.89. The summed E-state index contributed by atoms with van der Waals surface area (Å²) in [6.45, 7) is 3.86. The molecule has 18 heavy (non-hydrogen) atoms. The van der Waals surface area contributed by atoms with Crippen LogP contribution in [0.4, 0.5) is 5.82 Å². The molecule has 1 N–H and O–H groups in total. The molecule has 0 saturated carbocycles. The largest absolute Gasteiger partial charge is 0.385 e. The van der Waals surface area contributed by atoms with Crippen LogP contribution >= 0.6 is 0 Å². The van der Waals surface area contributed by atoms with E-state index in [4.69, 9.17) is 4.74 Å². The lowest BCUT2D eigenvalue weighted by Crippen LogP contribution is -2.07. The summed E-state index contributed by atoms with van der Waals surface area (Å²) in [6, 6.07) is 4.12. The van der Waals surface area contributed by atoms with E-state index in [-0.39, 0.29) is 0 Å². The number of hydrogen-bond donors (Lipinski definition) is 1. The SMILES string of the molecule is COCCCCCNc1cc(C)cc2ncnn12. The zero-order valence-electron chi connectivity index (χ0n) is 11.0. The summed E-state index contributed by atoms with van der Waals surface area (Å²) >= 11 is 0. The van der Waals surface area contributed by atoms with Gasteiger partial charge in [0.2, 0.25) is 0 Å². The maximum absolute atomic E-state index is 5.03. The van der Waals surface area contributed by atoms with Crippen LogP contribution in [0.15, 0.2) is 18.5 Å². The fraction of sp³-hybridized carbons (Fsp3) is 0.538. The zero-order valence-corrected chi connectivity index (χ0v) is 11.0. The van der Waals surface area contributed by atoms with Gasteiger partial charge in [-0.2, -0.15) is 9.61 Å². The molecule has 0 aliphatic heterocycles. The van der Waals surface area contributed by atoms with E-state index < -0.39 is 0 Å². The second kappa shape index (κ2) is 6.35. The van der Waals surface area contributed by atoms with Crippen molar-refractivity contribution < 1.29 is 4.74 Å². The number of aryl methyl sites for hydroxylation is 1. The van der Waals surface area contributed by atoms with Gasteiger partial charge in [0, 0.05) is 20.3 Å². The molecule has 0 amide bonds. The third kappa shape index (κ3) is 3.20. The minimum atomic E-state index is 0.845. The van der Waals surface area contributed by atoms with E-state index in [1.807, 2.05) is 10.6 Å². The molecular weight excluding hydrogens is 228 g/mol. The highest BCUT2D eigenvalue weighted by Gasteiger charge is 2.02. The maximum atomic E-state index is 5.03. The number of aromatic nitrogens is 3. The normalized spacial score (nSPS) is 11.0. The Kier molecular flexibility index (Phi) is 4.52. The van der Waals surface area contributed by atoms with Gasteiger partial charge in [-0.15, -0.1) is 0 Å². The van der Waals surface area contributed by atoms with E-state index in [2.05, 4.69) is 28.4 Å². The number of ether oxygens (including phenoxy) is 1. The van der Waals surface area contributed by atoms with Gasteiger partial charge in [0.15, 0.2) is 5.65 Å². The van der Waals surface area contributed by atoms with Crippen molar-refractivity contribution >= 4 is 11.5 Å². The van der Waals surface area contributed by atoms with Gasteiger partial charge in [0.1, 0.15) is 12.1 Å². The van der Waals surface area contributed by atoms with E-state index in [1.165, 1.54) is 12.0 Å². The van der Waals surface area contributed by atoms with Crippen LogP contribution < -0.4 is 5.32 Å². The molecule has 0 radical (unpaired) electrons. The summed E-state index contributed by atoms with van der Waals surface area (Å²) in [4.78, 5) is 4.20. The predicted molar refractivity (Wildman–Crippen MR) is 71.9 cm³/mol. The van der Waals surface area contributed by atoms with Crippen molar-refractivity contribution in [3.8, 4) is 0 Å². The second-order valence-corrected chi connectivity index (χ2v) is 4.43. The molecule has 0 spiro atoms. The topological polar surface area (TPSA) is 51.5 Å². The van der Waals surface area contributed by atoms with E-state index in [1.54, 1.807) is 13.4 Å². The smallest absolute Gasteiger partial charge is 0.157 e. The Morgan fingerprint density at radius 3 is 3.00 bits per heavy atom. The number of hydrogen-bond acceptors (Lipinski definition) is 4. The number of anilines is 1. The third-order valence-corrected chi connectivity index (χ3v) is 2.85. The molecule has 0 aliphatic carbocycles. The number of nitrogens with zero attached hydrogens (tertiary/aromatic N) is 3. The van der Waals surface area contributed by atoms with Gasteiger partial charge in [-0.3, -0.25) is 0 Å². The predicted octanol–water partition coefficient (Wildman–Crippen LogP) is 2.27. The molecule has 0 fully saturated rings. The van der Waals surface area contributed by atoms with Crippen molar-refractivity contribution in [1.29, 1.82) is 0 Å². The average molecular weight is 248 g/mol. The number of nitrogens with one attached hydrogen (secondary N) is 1. The molecule has 0 bridgehead atoms. The number of fused-ring (bicyclic) bond motifs is 1. The first kappa shape index (κ1) is 12.8. The van der Waals surface area contributed by atoms with Crippen LogP contribution in [0.3, 0.4) is 0 Å². The molecule has 0 saturated heterocycles. The standard InChI is InChI=1S/C13H20N4O/c1-11-8-12(14-6-4-3-5-7-18-2)17-13(9-11)15-10-16-17/h8-10,14H,3-7H2,1-2H3. The van der Waals surface area contributed by atoms with Gasteiger partial charge < -0.3 is 10.1 Å². The van der Waals surface area contributed by atoms with Gasteiger partial charge in [0.25, 0.3) is 0 Å². The second-order valence-electron chi connectivity index (χ2n) is 4.43.